The maximum absolute atomic E-state index is 12.6. The summed E-state index contributed by atoms with van der Waals surface area (Å²) in [6.45, 7) is 0.405. The van der Waals surface area contributed by atoms with Crippen LogP contribution in [0.3, 0.4) is 0 Å². The molecule has 0 saturated carbocycles. The Morgan fingerprint density at radius 3 is 2.66 bits per heavy atom. The molecule has 1 saturated heterocycles. The molecule has 1 aliphatic heterocycles. The standard InChI is InChI=1S/C27H17BrCl2N2O2S/c28-20-10-11-23(34-15-16-8-9-17-4-1-2-5-18(17)12-16)19(13-20)14-24-26(33)32-27(35-24)31-22-7-3-6-21(29)25(22)30/h1-14H,15H2,(H,31,32,33)/b24-14+. The van der Waals surface area contributed by atoms with Crippen molar-refractivity contribution in [1.29, 1.82) is 0 Å². The van der Waals surface area contributed by atoms with Crippen molar-refractivity contribution in [1.82, 2.24) is 5.32 Å². The molecule has 4 aromatic carbocycles. The maximum atomic E-state index is 12.6. The Morgan fingerprint density at radius 1 is 0.971 bits per heavy atom. The lowest BCUT2D eigenvalue weighted by Gasteiger charge is -2.11. The highest BCUT2D eigenvalue weighted by Crippen LogP contribution is 2.36. The van der Waals surface area contributed by atoms with Crippen LogP contribution in [-0.4, -0.2) is 11.1 Å². The molecule has 1 heterocycles. The molecule has 4 nitrogen and oxygen atoms in total. The zero-order chi connectivity index (χ0) is 24.4. The molecule has 0 atom stereocenters. The van der Waals surface area contributed by atoms with Crippen LogP contribution in [-0.2, 0) is 11.4 Å². The topological polar surface area (TPSA) is 50.7 Å². The number of nitrogens with zero attached hydrogens (tertiary/aromatic N) is 1. The van der Waals surface area contributed by atoms with Crippen molar-refractivity contribution < 1.29 is 9.53 Å². The van der Waals surface area contributed by atoms with Crippen molar-refractivity contribution in [3.63, 3.8) is 0 Å². The third kappa shape index (κ3) is 5.57. The molecule has 174 valence electrons. The number of carbonyl (C=O) groups is 1. The third-order valence-corrected chi connectivity index (χ3v) is 7.48. The summed E-state index contributed by atoms with van der Waals surface area (Å²) in [6.07, 6.45) is 1.79. The third-order valence-electron chi connectivity index (χ3n) is 5.27. The van der Waals surface area contributed by atoms with E-state index in [1.165, 1.54) is 17.1 Å². The second-order valence-corrected chi connectivity index (χ2v) is 10.4. The average molecular weight is 584 g/mol. The van der Waals surface area contributed by atoms with E-state index in [0.717, 1.165) is 21.0 Å². The second-order valence-electron chi connectivity index (χ2n) is 7.71. The van der Waals surface area contributed by atoms with Gasteiger partial charge < -0.3 is 10.1 Å². The highest BCUT2D eigenvalue weighted by molar-refractivity contribution is 9.10. The Balaban J connectivity index is 1.38. The fourth-order valence-corrected chi connectivity index (χ4v) is 5.11. The molecule has 8 heteroatoms. The molecule has 1 amide bonds. The molecule has 0 radical (unpaired) electrons. The van der Waals surface area contributed by atoms with Gasteiger partial charge in [0.2, 0.25) is 0 Å². The monoisotopic (exact) mass is 582 g/mol. The number of hydrogen-bond acceptors (Lipinski definition) is 4. The lowest BCUT2D eigenvalue weighted by molar-refractivity contribution is -0.115. The maximum Gasteiger partial charge on any atom is 0.264 e. The molecule has 4 aromatic rings. The molecule has 0 aliphatic carbocycles. The van der Waals surface area contributed by atoms with Crippen molar-refractivity contribution in [3.8, 4) is 5.75 Å². The molecule has 1 fully saturated rings. The fourth-order valence-electron chi connectivity index (χ4n) is 3.56. The molecule has 5 rings (SSSR count). The van der Waals surface area contributed by atoms with Gasteiger partial charge >= 0.3 is 0 Å². The van der Waals surface area contributed by atoms with Crippen LogP contribution in [0, 0.1) is 0 Å². The zero-order valence-corrected chi connectivity index (χ0v) is 22.0. The van der Waals surface area contributed by atoms with Gasteiger partial charge in [0, 0.05) is 10.0 Å². The summed E-state index contributed by atoms with van der Waals surface area (Å²) >= 11 is 17.0. The number of carbonyl (C=O) groups excluding carboxylic acids is 1. The van der Waals surface area contributed by atoms with E-state index in [2.05, 4.69) is 56.6 Å². The van der Waals surface area contributed by atoms with E-state index in [9.17, 15) is 4.79 Å². The Morgan fingerprint density at radius 2 is 1.80 bits per heavy atom. The normalized spacial score (nSPS) is 15.7. The SMILES string of the molecule is O=C1NC(=Nc2cccc(Cl)c2Cl)S/C1=C/c1cc(Br)ccc1OCc1ccc2ccccc2c1. The molecule has 0 unspecified atom stereocenters. The van der Waals surface area contributed by atoms with Gasteiger partial charge in [-0.05, 0) is 70.6 Å². The number of benzene rings is 4. The Labute approximate surface area is 225 Å². The Kier molecular flexibility index (Phi) is 7.16. The predicted molar refractivity (Wildman–Crippen MR) is 150 cm³/mol. The van der Waals surface area contributed by atoms with Crippen LogP contribution in [0.25, 0.3) is 16.8 Å². The molecule has 1 N–H and O–H groups in total. The number of amidine groups is 1. The van der Waals surface area contributed by atoms with Gasteiger partial charge in [-0.15, -0.1) is 0 Å². The van der Waals surface area contributed by atoms with Gasteiger partial charge in [0.1, 0.15) is 12.4 Å². The number of halogens is 3. The summed E-state index contributed by atoms with van der Waals surface area (Å²) in [5.41, 5.74) is 2.33. The van der Waals surface area contributed by atoms with Gasteiger partial charge in [-0.2, -0.15) is 0 Å². The van der Waals surface area contributed by atoms with Crippen LogP contribution in [0.5, 0.6) is 5.75 Å². The van der Waals surface area contributed by atoms with Gasteiger partial charge in [-0.25, -0.2) is 4.99 Å². The first-order chi connectivity index (χ1) is 17.0. The zero-order valence-electron chi connectivity index (χ0n) is 18.1. The van der Waals surface area contributed by atoms with E-state index in [4.69, 9.17) is 27.9 Å². The first kappa shape index (κ1) is 23.9. The summed E-state index contributed by atoms with van der Waals surface area (Å²) < 4.78 is 7.04. The molecule has 35 heavy (non-hydrogen) atoms. The van der Waals surface area contributed by atoms with Crippen LogP contribution >= 0.6 is 50.9 Å². The Hall–Kier alpha value is -2.77. The largest absolute Gasteiger partial charge is 0.488 e. The van der Waals surface area contributed by atoms with E-state index in [0.29, 0.717) is 38.2 Å². The smallest absolute Gasteiger partial charge is 0.264 e. The number of nitrogens with one attached hydrogen (secondary N) is 1. The summed E-state index contributed by atoms with van der Waals surface area (Å²) in [5.74, 6) is 0.429. The van der Waals surface area contributed by atoms with E-state index in [-0.39, 0.29) is 5.91 Å². The summed E-state index contributed by atoms with van der Waals surface area (Å²) in [5, 5.41) is 6.30. The predicted octanol–water partition coefficient (Wildman–Crippen LogP) is 8.38. The Bertz CT molecular complexity index is 1520. The van der Waals surface area contributed by atoms with Crippen molar-refractivity contribution in [2.45, 2.75) is 6.61 Å². The minimum absolute atomic E-state index is 0.243. The molecule has 0 aromatic heterocycles. The van der Waals surface area contributed by atoms with Crippen molar-refractivity contribution >= 4 is 84.5 Å². The summed E-state index contributed by atoms with van der Waals surface area (Å²) in [6, 6.07) is 25.4. The molecular weight excluding hydrogens is 567 g/mol. The van der Waals surface area contributed by atoms with Crippen LogP contribution in [0.1, 0.15) is 11.1 Å². The van der Waals surface area contributed by atoms with Gasteiger partial charge in [-0.3, -0.25) is 4.79 Å². The number of fused-ring (bicyclic) bond motifs is 1. The quantitative estimate of drug-likeness (QED) is 0.240. The van der Waals surface area contributed by atoms with Crippen LogP contribution in [0.2, 0.25) is 10.0 Å². The van der Waals surface area contributed by atoms with Crippen LogP contribution in [0.15, 0.2) is 93.2 Å². The molecule has 0 spiro atoms. The van der Waals surface area contributed by atoms with Crippen LogP contribution < -0.4 is 10.1 Å². The minimum atomic E-state index is -0.243. The van der Waals surface area contributed by atoms with E-state index >= 15 is 0 Å². The van der Waals surface area contributed by atoms with Gasteiger partial charge in [-0.1, -0.05) is 81.6 Å². The van der Waals surface area contributed by atoms with Crippen LogP contribution in [0.4, 0.5) is 5.69 Å². The van der Waals surface area contributed by atoms with Crippen molar-refractivity contribution in [3.05, 3.63) is 109 Å². The minimum Gasteiger partial charge on any atom is -0.488 e. The van der Waals surface area contributed by atoms with Gasteiger partial charge in [0.15, 0.2) is 5.17 Å². The van der Waals surface area contributed by atoms with Gasteiger partial charge in [0.05, 0.1) is 20.6 Å². The van der Waals surface area contributed by atoms with E-state index in [1.54, 1.807) is 24.3 Å². The summed E-state index contributed by atoms with van der Waals surface area (Å²) in [7, 11) is 0. The second kappa shape index (κ2) is 10.5. The molecular formula is C27H17BrCl2N2O2S. The lowest BCUT2D eigenvalue weighted by Crippen LogP contribution is -2.19. The average Bonchev–Trinajstić information content (AvgIpc) is 3.19. The number of aliphatic imine (C=N–C) groups is 1. The van der Waals surface area contributed by atoms with Crippen molar-refractivity contribution in [2.24, 2.45) is 4.99 Å². The fraction of sp³-hybridized carbons (Fsp3) is 0.0370. The number of ether oxygens (including phenoxy) is 1. The van der Waals surface area contributed by atoms with Crippen molar-refractivity contribution in [2.75, 3.05) is 0 Å². The van der Waals surface area contributed by atoms with Gasteiger partial charge in [0.25, 0.3) is 5.91 Å². The number of thioether (sulfide) groups is 1. The first-order valence-electron chi connectivity index (χ1n) is 10.6. The summed E-state index contributed by atoms with van der Waals surface area (Å²) in [4.78, 5) is 17.6. The highest BCUT2D eigenvalue weighted by atomic mass is 79.9. The number of amides is 1. The lowest BCUT2D eigenvalue weighted by atomic mass is 10.1. The first-order valence-corrected chi connectivity index (χ1v) is 13.0. The molecule has 1 aliphatic rings. The molecule has 0 bridgehead atoms. The number of rotatable bonds is 5. The number of hydrogen-bond donors (Lipinski definition) is 1. The van der Waals surface area contributed by atoms with E-state index in [1.807, 2.05) is 30.3 Å². The highest BCUT2D eigenvalue weighted by Gasteiger charge is 2.25. The van der Waals surface area contributed by atoms with E-state index < -0.39 is 0 Å².